The first kappa shape index (κ1) is 17.3. The van der Waals surface area contributed by atoms with Crippen molar-refractivity contribution in [2.75, 3.05) is 13.2 Å². The number of imidazole rings is 1. The zero-order chi connectivity index (χ0) is 18.6. The van der Waals surface area contributed by atoms with Gasteiger partial charge in [-0.25, -0.2) is 9.78 Å². The molecular formula is C20H21N3O4. The van der Waals surface area contributed by atoms with Crippen LogP contribution in [0.4, 0.5) is 0 Å². The summed E-state index contributed by atoms with van der Waals surface area (Å²) in [6, 6.07) is 5.40. The highest BCUT2D eigenvalue weighted by atomic mass is 16.5. The fraction of sp³-hybridized carbons (Fsp3) is 0.350. The topological polar surface area (TPSA) is 86.4 Å². The Kier molecular flexibility index (Phi) is 4.91. The average Bonchev–Trinajstić information content (AvgIpc) is 3.35. The highest BCUT2D eigenvalue weighted by Gasteiger charge is 2.19. The van der Waals surface area contributed by atoms with Crippen LogP contribution in [0, 0.1) is 0 Å². The summed E-state index contributed by atoms with van der Waals surface area (Å²) in [4.78, 5) is 28.0. The number of amides is 1. The van der Waals surface area contributed by atoms with Crippen LogP contribution in [0.5, 0.6) is 5.75 Å². The quantitative estimate of drug-likeness (QED) is 0.510. The molecule has 27 heavy (non-hydrogen) atoms. The molecule has 0 atom stereocenters. The van der Waals surface area contributed by atoms with Crippen molar-refractivity contribution in [2.45, 2.75) is 32.2 Å². The van der Waals surface area contributed by atoms with Gasteiger partial charge in [0, 0.05) is 42.5 Å². The Bertz CT molecular complexity index is 1010. The van der Waals surface area contributed by atoms with E-state index in [1.165, 1.54) is 0 Å². The molecule has 0 saturated carbocycles. The number of ether oxygens (including phenoxy) is 1. The van der Waals surface area contributed by atoms with E-state index in [4.69, 9.17) is 9.15 Å². The SMILES string of the molecule is O=C(COc1ccc2c3c(c(=O)oc2c1)CCC3)NCCCn1ccnc1. The summed E-state index contributed by atoms with van der Waals surface area (Å²) in [5.74, 6) is 0.327. The Morgan fingerprint density at radius 2 is 2.19 bits per heavy atom. The molecule has 1 aromatic carbocycles. The summed E-state index contributed by atoms with van der Waals surface area (Å²) >= 11 is 0. The summed E-state index contributed by atoms with van der Waals surface area (Å²) in [6.45, 7) is 1.29. The second-order valence-electron chi connectivity index (χ2n) is 6.65. The summed E-state index contributed by atoms with van der Waals surface area (Å²) in [6.07, 6.45) is 8.85. The minimum absolute atomic E-state index is 0.0776. The van der Waals surface area contributed by atoms with Gasteiger partial charge in [-0.3, -0.25) is 4.79 Å². The predicted octanol–water partition coefficient (Wildman–Crippen LogP) is 2.06. The number of hydrogen-bond donors (Lipinski definition) is 1. The van der Waals surface area contributed by atoms with Gasteiger partial charge in [0.2, 0.25) is 0 Å². The van der Waals surface area contributed by atoms with Gasteiger partial charge in [0.05, 0.1) is 6.33 Å². The van der Waals surface area contributed by atoms with E-state index in [1.54, 1.807) is 18.6 Å². The van der Waals surface area contributed by atoms with Gasteiger partial charge < -0.3 is 19.0 Å². The van der Waals surface area contributed by atoms with Gasteiger partial charge in [-0.05, 0) is 43.4 Å². The molecule has 1 amide bonds. The molecule has 1 N–H and O–H groups in total. The van der Waals surface area contributed by atoms with E-state index in [0.717, 1.165) is 48.7 Å². The van der Waals surface area contributed by atoms with Crippen LogP contribution in [0.15, 0.2) is 46.1 Å². The van der Waals surface area contributed by atoms with Crippen LogP contribution in [-0.2, 0) is 24.2 Å². The molecular weight excluding hydrogens is 346 g/mol. The second-order valence-corrected chi connectivity index (χ2v) is 6.65. The molecule has 7 heteroatoms. The molecule has 4 rings (SSSR count). The molecule has 1 aliphatic rings. The lowest BCUT2D eigenvalue weighted by Gasteiger charge is -2.09. The van der Waals surface area contributed by atoms with E-state index < -0.39 is 0 Å². The Labute approximate surface area is 156 Å². The van der Waals surface area contributed by atoms with Crippen molar-refractivity contribution in [1.29, 1.82) is 0 Å². The first-order chi connectivity index (χ1) is 13.2. The van der Waals surface area contributed by atoms with Crippen molar-refractivity contribution in [3.8, 4) is 5.75 Å². The molecule has 3 aromatic rings. The molecule has 0 unspecified atom stereocenters. The molecule has 2 aromatic heterocycles. The van der Waals surface area contributed by atoms with Crippen LogP contribution < -0.4 is 15.7 Å². The van der Waals surface area contributed by atoms with Crippen LogP contribution in [0.2, 0.25) is 0 Å². The Morgan fingerprint density at radius 1 is 1.30 bits per heavy atom. The van der Waals surface area contributed by atoms with Crippen molar-refractivity contribution in [1.82, 2.24) is 14.9 Å². The van der Waals surface area contributed by atoms with E-state index in [0.29, 0.717) is 17.9 Å². The highest BCUT2D eigenvalue weighted by molar-refractivity contribution is 5.83. The molecule has 2 heterocycles. The lowest BCUT2D eigenvalue weighted by molar-refractivity contribution is -0.123. The van der Waals surface area contributed by atoms with Gasteiger partial charge in [-0.2, -0.15) is 0 Å². The van der Waals surface area contributed by atoms with Gasteiger partial charge in [0.25, 0.3) is 5.91 Å². The van der Waals surface area contributed by atoms with Crippen LogP contribution in [-0.4, -0.2) is 28.6 Å². The second kappa shape index (κ2) is 7.65. The van der Waals surface area contributed by atoms with Gasteiger partial charge >= 0.3 is 5.63 Å². The molecule has 0 spiro atoms. The van der Waals surface area contributed by atoms with Gasteiger partial charge in [0.1, 0.15) is 11.3 Å². The number of nitrogens with zero attached hydrogens (tertiary/aromatic N) is 2. The minimum atomic E-state index is -0.261. The van der Waals surface area contributed by atoms with Crippen LogP contribution >= 0.6 is 0 Å². The summed E-state index contributed by atoms with van der Waals surface area (Å²) in [5.41, 5.74) is 2.14. The zero-order valence-corrected chi connectivity index (χ0v) is 14.9. The fourth-order valence-electron chi connectivity index (χ4n) is 3.46. The fourth-order valence-corrected chi connectivity index (χ4v) is 3.46. The molecule has 0 radical (unpaired) electrons. The Balaban J connectivity index is 1.31. The Morgan fingerprint density at radius 3 is 3.04 bits per heavy atom. The van der Waals surface area contributed by atoms with Crippen molar-refractivity contribution >= 4 is 16.9 Å². The van der Waals surface area contributed by atoms with E-state index in [-0.39, 0.29) is 18.1 Å². The van der Waals surface area contributed by atoms with Crippen molar-refractivity contribution < 1.29 is 13.9 Å². The molecule has 0 bridgehead atoms. The molecule has 7 nitrogen and oxygen atoms in total. The molecule has 0 fully saturated rings. The number of carbonyl (C=O) groups is 1. The number of carbonyl (C=O) groups excluding carboxylic acids is 1. The van der Waals surface area contributed by atoms with Gasteiger partial charge in [-0.15, -0.1) is 0 Å². The first-order valence-corrected chi connectivity index (χ1v) is 9.14. The predicted molar refractivity (Wildman–Crippen MR) is 99.9 cm³/mol. The third-order valence-corrected chi connectivity index (χ3v) is 4.79. The van der Waals surface area contributed by atoms with Gasteiger partial charge in [0.15, 0.2) is 6.61 Å². The largest absolute Gasteiger partial charge is 0.484 e. The third kappa shape index (κ3) is 3.86. The van der Waals surface area contributed by atoms with Crippen molar-refractivity contribution in [3.05, 3.63) is 58.5 Å². The smallest absolute Gasteiger partial charge is 0.339 e. The number of benzene rings is 1. The lowest BCUT2D eigenvalue weighted by Crippen LogP contribution is -2.30. The minimum Gasteiger partial charge on any atom is -0.484 e. The van der Waals surface area contributed by atoms with Gasteiger partial charge in [-0.1, -0.05) is 0 Å². The standard InChI is InChI=1S/C20H21N3O4/c24-19(22-7-2-9-23-10-8-21-13-23)12-26-14-5-6-16-15-3-1-4-17(15)20(25)27-18(16)11-14/h5-6,8,10-11,13H,1-4,7,9,12H2,(H,22,24). The monoisotopic (exact) mass is 367 g/mol. The number of hydrogen-bond acceptors (Lipinski definition) is 5. The first-order valence-electron chi connectivity index (χ1n) is 9.14. The molecule has 0 aliphatic heterocycles. The number of nitrogens with one attached hydrogen (secondary N) is 1. The molecule has 140 valence electrons. The van der Waals surface area contributed by atoms with Crippen molar-refractivity contribution in [3.63, 3.8) is 0 Å². The zero-order valence-electron chi connectivity index (χ0n) is 14.9. The molecule has 0 saturated heterocycles. The van der Waals surface area contributed by atoms with Crippen molar-refractivity contribution in [2.24, 2.45) is 0 Å². The number of aromatic nitrogens is 2. The summed E-state index contributed by atoms with van der Waals surface area (Å²) in [5, 5.41) is 3.78. The highest BCUT2D eigenvalue weighted by Crippen LogP contribution is 2.29. The maximum Gasteiger partial charge on any atom is 0.339 e. The Hall–Kier alpha value is -3.09. The van der Waals surface area contributed by atoms with E-state index in [2.05, 4.69) is 10.3 Å². The maximum atomic E-state index is 12.1. The average molecular weight is 367 g/mol. The maximum absolute atomic E-state index is 12.1. The third-order valence-electron chi connectivity index (χ3n) is 4.79. The van der Waals surface area contributed by atoms with E-state index in [9.17, 15) is 9.59 Å². The molecule has 1 aliphatic carbocycles. The van der Waals surface area contributed by atoms with Crippen LogP contribution in [0.25, 0.3) is 11.0 Å². The van der Waals surface area contributed by atoms with Crippen LogP contribution in [0.1, 0.15) is 24.0 Å². The van der Waals surface area contributed by atoms with Crippen LogP contribution in [0.3, 0.4) is 0 Å². The van der Waals surface area contributed by atoms with E-state index in [1.807, 2.05) is 22.9 Å². The lowest BCUT2D eigenvalue weighted by atomic mass is 10.1. The number of rotatable bonds is 7. The summed E-state index contributed by atoms with van der Waals surface area (Å²) in [7, 11) is 0. The summed E-state index contributed by atoms with van der Waals surface area (Å²) < 4.78 is 12.9. The normalized spacial score (nSPS) is 12.9. The van der Waals surface area contributed by atoms with E-state index >= 15 is 0 Å². The number of fused-ring (bicyclic) bond motifs is 3. The number of aryl methyl sites for hydroxylation is 2.